The van der Waals surface area contributed by atoms with Crippen LogP contribution in [0.15, 0.2) is 28.5 Å². The van der Waals surface area contributed by atoms with Gasteiger partial charge in [0, 0.05) is 28.6 Å². The average Bonchev–Trinajstić information content (AvgIpc) is 2.74. The van der Waals surface area contributed by atoms with E-state index in [0.29, 0.717) is 5.13 Å². The number of amides is 1. The monoisotopic (exact) mass is 293 g/mol. The second-order valence-corrected chi connectivity index (χ2v) is 6.01. The van der Waals surface area contributed by atoms with Gasteiger partial charge in [-0.25, -0.2) is 4.98 Å². The Labute approximate surface area is 120 Å². The van der Waals surface area contributed by atoms with E-state index in [-0.39, 0.29) is 5.91 Å². The first kappa shape index (κ1) is 13.9. The number of anilines is 2. The van der Waals surface area contributed by atoms with Crippen LogP contribution in [0.1, 0.15) is 18.2 Å². The third-order valence-electron chi connectivity index (χ3n) is 2.41. The number of rotatable bonds is 4. The van der Waals surface area contributed by atoms with Crippen LogP contribution in [-0.2, 0) is 10.5 Å². The minimum atomic E-state index is -0.0945. The number of thiazole rings is 1. The molecular weight excluding hydrogens is 278 g/mol. The fourth-order valence-electron chi connectivity index (χ4n) is 1.57. The van der Waals surface area contributed by atoms with Crippen molar-refractivity contribution < 1.29 is 4.79 Å². The van der Waals surface area contributed by atoms with E-state index in [4.69, 9.17) is 5.73 Å². The van der Waals surface area contributed by atoms with Crippen molar-refractivity contribution in [2.24, 2.45) is 0 Å². The second-order valence-electron chi connectivity index (χ2n) is 4.14. The lowest BCUT2D eigenvalue weighted by molar-refractivity contribution is -0.114. The van der Waals surface area contributed by atoms with E-state index in [0.717, 1.165) is 17.1 Å². The molecule has 3 N–H and O–H groups in total. The summed E-state index contributed by atoms with van der Waals surface area (Å²) in [6.07, 6.45) is 0. The molecule has 1 amide bonds. The zero-order chi connectivity index (χ0) is 13.8. The molecule has 1 aromatic heterocycles. The van der Waals surface area contributed by atoms with Crippen molar-refractivity contribution in [2.45, 2.75) is 24.5 Å². The molecule has 0 unspecified atom stereocenters. The highest BCUT2D eigenvalue weighted by atomic mass is 32.2. The van der Waals surface area contributed by atoms with Crippen molar-refractivity contribution in [1.82, 2.24) is 4.98 Å². The van der Waals surface area contributed by atoms with Crippen molar-refractivity contribution in [2.75, 3.05) is 11.1 Å². The van der Waals surface area contributed by atoms with Gasteiger partial charge < -0.3 is 11.1 Å². The molecule has 0 bridgehead atoms. The first-order valence-electron chi connectivity index (χ1n) is 5.75. The van der Waals surface area contributed by atoms with Gasteiger partial charge in [-0.15, -0.1) is 23.1 Å². The van der Waals surface area contributed by atoms with Crippen molar-refractivity contribution >= 4 is 39.8 Å². The maximum absolute atomic E-state index is 10.9. The molecule has 1 aromatic carbocycles. The van der Waals surface area contributed by atoms with Crippen LogP contribution in [0.3, 0.4) is 0 Å². The molecule has 2 rings (SSSR count). The number of nitrogens with zero attached hydrogens (tertiary/aromatic N) is 1. The van der Waals surface area contributed by atoms with Crippen molar-refractivity contribution in [1.29, 1.82) is 0 Å². The predicted octanol–water partition coefficient (Wildman–Crippen LogP) is 3.28. The molecule has 6 heteroatoms. The molecular formula is C13H15N3OS2. The van der Waals surface area contributed by atoms with E-state index in [1.54, 1.807) is 11.8 Å². The minimum Gasteiger partial charge on any atom is -0.399 e. The molecule has 0 radical (unpaired) electrons. The van der Waals surface area contributed by atoms with E-state index in [2.05, 4.69) is 10.3 Å². The summed E-state index contributed by atoms with van der Waals surface area (Å²) in [5, 5.41) is 5.30. The van der Waals surface area contributed by atoms with Crippen LogP contribution in [0.5, 0.6) is 0 Å². The largest absolute Gasteiger partial charge is 0.399 e. The topological polar surface area (TPSA) is 68.0 Å². The molecule has 0 aliphatic carbocycles. The number of carbonyl (C=O) groups is 1. The Morgan fingerprint density at radius 2 is 2.32 bits per heavy atom. The van der Waals surface area contributed by atoms with Crippen LogP contribution in [-0.4, -0.2) is 10.9 Å². The summed E-state index contributed by atoms with van der Waals surface area (Å²) >= 11 is 3.16. The zero-order valence-electron chi connectivity index (χ0n) is 10.8. The van der Waals surface area contributed by atoms with E-state index >= 15 is 0 Å². The number of aromatic nitrogens is 1. The maximum atomic E-state index is 10.9. The summed E-state index contributed by atoms with van der Waals surface area (Å²) in [5.41, 5.74) is 8.64. The summed E-state index contributed by atoms with van der Waals surface area (Å²) in [5.74, 6) is 0.684. The van der Waals surface area contributed by atoms with Gasteiger partial charge in [0.2, 0.25) is 5.91 Å². The van der Waals surface area contributed by atoms with E-state index in [1.165, 1.54) is 28.7 Å². The summed E-state index contributed by atoms with van der Waals surface area (Å²) in [4.78, 5) is 16.5. The van der Waals surface area contributed by atoms with E-state index in [9.17, 15) is 4.79 Å². The summed E-state index contributed by atoms with van der Waals surface area (Å²) in [7, 11) is 0. The lowest BCUT2D eigenvalue weighted by Gasteiger charge is -2.05. The fraction of sp³-hybridized carbons (Fsp3) is 0.231. The highest BCUT2D eigenvalue weighted by molar-refractivity contribution is 7.98. The molecule has 4 nitrogen and oxygen atoms in total. The third-order valence-corrected chi connectivity index (χ3v) is 4.42. The van der Waals surface area contributed by atoms with Gasteiger partial charge in [0.15, 0.2) is 5.13 Å². The number of thioether (sulfide) groups is 1. The first-order valence-corrected chi connectivity index (χ1v) is 7.62. The van der Waals surface area contributed by atoms with E-state index in [1.807, 2.05) is 30.5 Å². The molecule has 0 saturated heterocycles. The van der Waals surface area contributed by atoms with Crippen molar-refractivity contribution in [3.63, 3.8) is 0 Å². The van der Waals surface area contributed by atoms with Crippen LogP contribution in [0.4, 0.5) is 10.8 Å². The number of hydrogen-bond acceptors (Lipinski definition) is 5. The average molecular weight is 293 g/mol. The third kappa shape index (κ3) is 3.97. The summed E-state index contributed by atoms with van der Waals surface area (Å²) in [6.45, 7) is 3.52. The van der Waals surface area contributed by atoms with Crippen LogP contribution >= 0.6 is 23.1 Å². The molecule has 100 valence electrons. The van der Waals surface area contributed by atoms with Gasteiger partial charge >= 0.3 is 0 Å². The van der Waals surface area contributed by atoms with Gasteiger partial charge in [-0.3, -0.25) is 4.79 Å². The molecule has 0 spiro atoms. The Morgan fingerprint density at radius 3 is 3.00 bits per heavy atom. The number of aryl methyl sites for hydroxylation is 1. The Kier molecular flexibility index (Phi) is 4.44. The molecule has 0 aliphatic heterocycles. The van der Waals surface area contributed by atoms with Crippen LogP contribution in [0, 0.1) is 6.92 Å². The van der Waals surface area contributed by atoms with Crippen molar-refractivity contribution in [3.05, 3.63) is 34.8 Å². The van der Waals surface area contributed by atoms with Crippen LogP contribution < -0.4 is 11.1 Å². The van der Waals surface area contributed by atoms with Gasteiger partial charge in [-0.2, -0.15) is 0 Å². The number of benzene rings is 1. The van der Waals surface area contributed by atoms with E-state index < -0.39 is 0 Å². The standard InChI is InChI=1S/C13H15N3OS2/c1-8-5-10(14)3-4-12(8)18-6-11-7-19-13(16-11)15-9(2)17/h3-5,7H,6,14H2,1-2H3,(H,15,16,17). The maximum Gasteiger partial charge on any atom is 0.223 e. The molecule has 19 heavy (non-hydrogen) atoms. The fourth-order valence-corrected chi connectivity index (χ4v) is 3.33. The Balaban J connectivity index is 1.98. The molecule has 0 saturated carbocycles. The smallest absolute Gasteiger partial charge is 0.223 e. The molecule has 0 aliphatic rings. The number of carbonyl (C=O) groups excluding carboxylic acids is 1. The number of nitrogens with one attached hydrogen (secondary N) is 1. The van der Waals surface area contributed by atoms with Crippen LogP contribution in [0.2, 0.25) is 0 Å². The normalized spacial score (nSPS) is 10.4. The van der Waals surface area contributed by atoms with Crippen LogP contribution in [0.25, 0.3) is 0 Å². The Hall–Kier alpha value is -1.53. The summed E-state index contributed by atoms with van der Waals surface area (Å²) < 4.78 is 0. The number of nitrogens with two attached hydrogens (primary N) is 1. The van der Waals surface area contributed by atoms with Gasteiger partial charge in [0.05, 0.1) is 5.69 Å². The van der Waals surface area contributed by atoms with Gasteiger partial charge in [0.1, 0.15) is 0 Å². The Bertz CT molecular complexity index is 595. The lowest BCUT2D eigenvalue weighted by atomic mass is 10.2. The first-order chi connectivity index (χ1) is 9.04. The van der Waals surface area contributed by atoms with Crippen molar-refractivity contribution in [3.8, 4) is 0 Å². The lowest BCUT2D eigenvalue weighted by Crippen LogP contribution is -2.05. The molecule has 0 fully saturated rings. The second kappa shape index (κ2) is 6.08. The van der Waals surface area contributed by atoms with Gasteiger partial charge in [-0.05, 0) is 30.7 Å². The van der Waals surface area contributed by atoms with Gasteiger partial charge in [-0.1, -0.05) is 0 Å². The summed E-state index contributed by atoms with van der Waals surface area (Å²) in [6, 6.07) is 5.89. The molecule has 2 aromatic rings. The highest BCUT2D eigenvalue weighted by Crippen LogP contribution is 2.28. The quantitative estimate of drug-likeness (QED) is 0.670. The zero-order valence-corrected chi connectivity index (χ0v) is 12.4. The predicted molar refractivity (Wildman–Crippen MR) is 81.6 cm³/mol. The molecule has 0 atom stereocenters. The van der Waals surface area contributed by atoms with Gasteiger partial charge in [0.25, 0.3) is 0 Å². The minimum absolute atomic E-state index is 0.0945. The Morgan fingerprint density at radius 1 is 1.53 bits per heavy atom. The highest BCUT2D eigenvalue weighted by Gasteiger charge is 2.05. The molecule has 1 heterocycles. The SMILES string of the molecule is CC(=O)Nc1nc(CSc2ccc(N)cc2C)cs1. The number of nitrogen functional groups attached to an aromatic ring is 1. The number of hydrogen-bond donors (Lipinski definition) is 2.